The Hall–Kier alpha value is -1.81. The fourth-order valence-electron chi connectivity index (χ4n) is 2.85. The summed E-state index contributed by atoms with van der Waals surface area (Å²) in [4.78, 5) is 13.6. The van der Waals surface area contributed by atoms with Crippen LogP contribution in [0.15, 0.2) is 47.3 Å². The minimum atomic E-state index is -0.327. The van der Waals surface area contributed by atoms with E-state index in [4.69, 9.17) is 10.5 Å². The number of amides is 1. The Labute approximate surface area is 112 Å². The minimum Gasteiger partial charge on any atom is -0.381 e. The lowest BCUT2D eigenvalue weighted by molar-refractivity contribution is -0.114. The van der Waals surface area contributed by atoms with Crippen molar-refractivity contribution < 1.29 is 9.53 Å². The first-order chi connectivity index (χ1) is 9.25. The molecule has 0 atom stereocenters. The molecule has 0 unspecified atom stereocenters. The van der Waals surface area contributed by atoms with Gasteiger partial charge < -0.3 is 15.4 Å². The predicted octanol–water partition coefficient (Wildman–Crippen LogP) is 1.48. The van der Waals surface area contributed by atoms with Gasteiger partial charge in [-0.25, -0.2) is 0 Å². The molecule has 4 heteroatoms. The van der Waals surface area contributed by atoms with E-state index in [2.05, 4.69) is 11.0 Å². The Morgan fingerprint density at radius 2 is 2.11 bits per heavy atom. The van der Waals surface area contributed by atoms with Crippen LogP contribution in [0.2, 0.25) is 0 Å². The van der Waals surface area contributed by atoms with Crippen molar-refractivity contribution in [1.82, 2.24) is 4.90 Å². The molecule has 0 aliphatic carbocycles. The van der Waals surface area contributed by atoms with Crippen molar-refractivity contribution in [2.75, 3.05) is 19.8 Å². The van der Waals surface area contributed by atoms with E-state index < -0.39 is 0 Å². The number of nitrogens with two attached hydrogens (primary N) is 1. The second kappa shape index (κ2) is 5.05. The van der Waals surface area contributed by atoms with Crippen LogP contribution in [0.4, 0.5) is 0 Å². The summed E-state index contributed by atoms with van der Waals surface area (Å²) in [6, 6.07) is 0. The monoisotopic (exact) mass is 258 g/mol. The van der Waals surface area contributed by atoms with Crippen molar-refractivity contribution in [1.29, 1.82) is 0 Å². The molecule has 1 saturated heterocycles. The lowest BCUT2D eigenvalue weighted by Crippen LogP contribution is -2.32. The maximum Gasteiger partial charge on any atom is 0.246 e. The van der Waals surface area contributed by atoms with Crippen LogP contribution in [-0.2, 0) is 9.53 Å². The molecule has 3 aliphatic rings. The summed E-state index contributed by atoms with van der Waals surface area (Å²) in [6.07, 6.45) is 12.1. The molecule has 4 nitrogen and oxygen atoms in total. The molecule has 0 aromatic rings. The highest BCUT2D eigenvalue weighted by Crippen LogP contribution is 2.33. The first kappa shape index (κ1) is 12.2. The van der Waals surface area contributed by atoms with Gasteiger partial charge >= 0.3 is 0 Å². The van der Waals surface area contributed by atoms with E-state index in [1.54, 1.807) is 0 Å². The van der Waals surface area contributed by atoms with E-state index in [0.29, 0.717) is 18.0 Å². The van der Waals surface area contributed by atoms with Gasteiger partial charge in [0, 0.05) is 30.7 Å². The van der Waals surface area contributed by atoms with Crippen LogP contribution in [0, 0.1) is 5.92 Å². The van der Waals surface area contributed by atoms with Crippen LogP contribution >= 0.6 is 0 Å². The Bertz CT molecular complexity index is 508. The van der Waals surface area contributed by atoms with Crippen LogP contribution in [0.25, 0.3) is 0 Å². The zero-order valence-electron chi connectivity index (χ0n) is 10.8. The molecule has 2 N–H and O–H groups in total. The number of ether oxygens (including phenoxy) is 1. The average Bonchev–Trinajstić information content (AvgIpc) is 2.47. The number of hydrogen-bond donors (Lipinski definition) is 1. The van der Waals surface area contributed by atoms with Crippen LogP contribution < -0.4 is 5.73 Å². The summed E-state index contributed by atoms with van der Waals surface area (Å²) in [7, 11) is 0. The summed E-state index contributed by atoms with van der Waals surface area (Å²) in [6.45, 7) is 2.15. The van der Waals surface area contributed by atoms with Gasteiger partial charge in [-0.3, -0.25) is 4.79 Å². The lowest BCUT2D eigenvalue weighted by Gasteiger charge is -2.34. The number of hydrogen-bond acceptors (Lipinski definition) is 3. The van der Waals surface area contributed by atoms with Gasteiger partial charge in [0.05, 0.1) is 6.54 Å². The molecule has 0 aromatic carbocycles. The average molecular weight is 258 g/mol. The van der Waals surface area contributed by atoms with Crippen molar-refractivity contribution in [3.8, 4) is 0 Å². The van der Waals surface area contributed by atoms with Gasteiger partial charge in [0.2, 0.25) is 5.91 Å². The molecule has 1 fully saturated rings. The maximum atomic E-state index is 11.5. The summed E-state index contributed by atoms with van der Waals surface area (Å²) >= 11 is 0. The van der Waals surface area contributed by atoms with Crippen LogP contribution in [0.1, 0.15) is 12.8 Å². The van der Waals surface area contributed by atoms with Crippen molar-refractivity contribution in [2.24, 2.45) is 11.7 Å². The Balaban J connectivity index is 1.99. The zero-order valence-corrected chi connectivity index (χ0v) is 10.8. The Morgan fingerprint density at radius 1 is 1.32 bits per heavy atom. The molecule has 0 aromatic heterocycles. The summed E-state index contributed by atoms with van der Waals surface area (Å²) in [5.41, 5.74) is 8.56. The maximum absolute atomic E-state index is 11.5. The standard InChI is InChI=1S/C15H18N2O2/c16-15(18)12-9-13(11-4-7-19-8-5-11)14-3-1-2-6-17(14)10-12/h1-3,6,9,11H,4-5,7-8,10H2,(H2,16,18). The molecule has 1 amide bonds. The number of allylic oxidation sites excluding steroid dienone is 5. The number of primary amides is 1. The third-order valence-corrected chi connectivity index (χ3v) is 3.88. The topological polar surface area (TPSA) is 55.6 Å². The van der Waals surface area contributed by atoms with Crippen molar-refractivity contribution in [3.05, 3.63) is 47.3 Å². The van der Waals surface area contributed by atoms with Crippen LogP contribution in [-0.4, -0.2) is 30.6 Å². The smallest absolute Gasteiger partial charge is 0.246 e. The molecule has 0 radical (unpaired) electrons. The molecule has 3 heterocycles. The fourth-order valence-corrected chi connectivity index (χ4v) is 2.85. The third-order valence-electron chi connectivity index (χ3n) is 3.88. The second-order valence-corrected chi connectivity index (χ2v) is 5.09. The van der Waals surface area contributed by atoms with Gasteiger partial charge in [-0.1, -0.05) is 6.08 Å². The quantitative estimate of drug-likeness (QED) is 0.816. The molecule has 0 spiro atoms. The molecular formula is C15H18N2O2. The van der Waals surface area contributed by atoms with Gasteiger partial charge in [-0.2, -0.15) is 0 Å². The lowest BCUT2D eigenvalue weighted by atomic mass is 9.86. The minimum absolute atomic E-state index is 0.327. The van der Waals surface area contributed by atoms with Crippen molar-refractivity contribution in [2.45, 2.75) is 12.8 Å². The van der Waals surface area contributed by atoms with Gasteiger partial charge in [-0.15, -0.1) is 0 Å². The highest BCUT2D eigenvalue weighted by molar-refractivity contribution is 5.93. The number of carbonyl (C=O) groups is 1. The normalized spacial score (nSPS) is 23.4. The van der Waals surface area contributed by atoms with E-state index >= 15 is 0 Å². The summed E-state index contributed by atoms with van der Waals surface area (Å²) in [5, 5.41) is 0. The number of nitrogens with zero attached hydrogens (tertiary/aromatic N) is 1. The Kier molecular flexibility index (Phi) is 3.25. The highest BCUT2D eigenvalue weighted by atomic mass is 16.5. The first-order valence-corrected chi connectivity index (χ1v) is 6.69. The van der Waals surface area contributed by atoms with Crippen LogP contribution in [0.5, 0.6) is 0 Å². The molecule has 100 valence electrons. The highest BCUT2D eigenvalue weighted by Gasteiger charge is 2.27. The van der Waals surface area contributed by atoms with Gasteiger partial charge in [0.25, 0.3) is 0 Å². The van der Waals surface area contributed by atoms with E-state index in [1.165, 1.54) is 11.3 Å². The summed E-state index contributed by atoms with van der Waals surface area (Å²) in [5.74, 6) is 0.128. The molecule has 19 heavy (non-hydrogen) atoms. The molecule has 0 saturated carbocycles. The largest absolute Gasteiger partial charge is 0.381 e. The first-order valence-electron chi connectivity index (χ1n) is 6.69. The molecule has 3 aliphatic heterocycles. The predicted molar refractivity (Wildman–Crippen MR) is 72.8 cm³/mol. The van der Waals surface area contributed by atoms with Crippen molar-refractivity contribution in [3.63, 3.8) is 0 Å². The number of carbonyl (C=O) groups excluding carboxylic acids is 1. The molecular weight excluding hydrogens is 240 g/mol. The SMILES string of the molecule is NC(=O)C1=CC(C2CCOCC2)=C2C=CC=CN2C1. The van der Waals surface area contributed by atoms with E-state index in [-0.39, 0.29) is 5.91 Å². The van der Waals surface area contributed by atoms with E-state index in [9.17, 15) is 4.79 Å². The van der Waals surface area contributed by atoms with E-state index in [1.807, 2.05) is 24.4 Å². The van der Waals surface area contributed by atoms with Gasteiger partial charge in [0.15, 0.2) is 0 Å². The van der Waals surface area contributed by atoms with Crippen molar-refractivity contribution >= 4 is 5.91 Å². The Morgan fingerprint density at radius 3 is 2.84 bits per heavy atom. The number of rotatable bonds is 2. The molecule has 0 bridgehead atoms. The zero-order chi connectivity index (χ0) is 13.2. The fraction of sp³-hybridized carbons (Fsp3) is 0.400. The molecule has 3 rings (SSSR count). The van der Waals surface area contributed by atoms with Crippen LogP contribution in [0.3, 0.4) is 0 Å². The second-order valence-electron chi connectivity index (χ2n) is 5.09. The van der Waals surface area contributed by atoms with E-state index in [0.717, 1.165) is 26.1 Å². The summed E-state index contributed by atoms with van der Waals surface area (Å²) < 4.78 is 5.42. The van der Waals surface area contributed by atoms with Gasteiger partial charge in [0.1, 0.15) is 0 Å². The number of fused-ring (bicyclic) bond motifs is 1. The third kappa shape index (κ3) is 2.36. The van der Waals surface area contributed by atoms with Gasteiger partial charge in [-0.05, 0) is 42.6 Å².